The molecule has 2 aromatic rings. The lowest BCUT2D eigenvalue weighted by Gasteiger charge is -2.47. The van der Waals surface area contributed by atoms with Crippen molar-refractivity contribution < 1.29 is 58.0 Å². The standard InChI is InChI=1S/C46H64N4O12S/c1-12-37-46(9,55)42-28(4)38(49-62-31(7)51)26(2)23-45(8,41(29(5)39(52)30(6)43(54)60-37)61-44-40(53)35(50(10)11)22-27(3)59-44)57-25-32(24-56-42)48-58-21-15-16-33-18-19-36(63-33)34-17-13-14-20-47-34/h13-14,17-20,26-30,35,37,40-42,44,53,55H,12,21-25H2,1-11H3/b48-32-,49-38+/t26-,27-,28+,29+,30-,35+,37-,40-,41-,42+,44+,45-,46-/m1/s1. The number of cyclic esters (lactones) is 1. The molecule has 0 aliphatic carbocycles. The van der Waals surface area contributed by atoms with Crippen molar-refractivity contribution in [1.82, 2.24) is 9.88 Å². The number of hydrogen-bond acceptors (Lipinski definition) is 17. The van der Waals surface area contributed by atoms with Crippen LogP contribution in [0.3, 0.4) is 0 Å². The van der Waals surface area contributed by atoms with Crippen LogP contribution in [-0.2, 0) is 47.7 Å². The van der Waals surface area contributed by atoms with Crippen LogP contribution < -0.4 is 0 Å². The molecule has 346 valence electrons. The first-order chi connectivity index (χ1) is 29.8. The molecule has 2 N–H and O–H groups in total. The van der Waals surface area contributed by atoms with Crippen LogP contribution in [0.25, 0.3) is 10.6 Å². The van der Waals surface area contributed by atoms with Gasteiger partial charge in [0.25, 0.3) is 0 Å². The molecule has 2 aromatic heterocycles. The minimum Gasteiger partial charge on any atom is -0.459 e. The van der Waals surface area contributed by atoms with Crippen molar-refractivity contribution in [1.29, 1.82) is 0 Å². The fourth-order valence-electron chi connectivity index (χ4n) is 8.83. The zero-order chi connectivity index (χ0) is 46.2. The van der Waals surface area contributed by atoms with Gasteiger partial charge in [-0.15, -0.1) is 11.3 Å². The van der Waals surface area contributed by atoms with Gasteiger partial charge in [-0.25, -0.2) is 4.79 Å². The average Bonchev–Trinajstić information content (AvgIpc) is 3.71. The van der Waals surface area contributed by atoms with Crippen molar-refractivity contribution in [3.8, 4) is 22.4 Å². The molecule has 17 heteroatoms. The van der Waals surface area contributed by atoms with E-state index in [9.17, 15) is 24.6 Å². The highest BCUT2D eigenvalue weighted by Crippen LogP contribution is 2.40. The number of ketones is 1. The Hall–Kier alpha value is -4.12. The number of carbonyl (C=O) groups excluding carboxylic acids is 3. The molecule has 0 saturated carbocycles. The predicted molar refractivity (Wildman–Crippen MR) is 235 cm³/mol. The molecule has 3 fully saturated rings. The van der Waals surface area contributed by atoms with E-state index in [2.05, 4.69) is 27.1 Å². The Balaban J connectivity index is 1.61. The number of likely N-dealkylation sites (N-methyl/N-ethyl adjacent to an activating group) is 1. The molecule has 3 saturated heterocycles. The number of aromatic nitrogens is 1. The van der Waals surface area contributed by atoms with E-state index in [-0.39, 0.29) is 50.5 Å². The number of carbonyl (C=O) groups is 3. The van der Waals surface area contributed by atoms with E-state index in [0.717, 1.165) is 15.4 Å². The highest BCUT2D eigenvalue weighted by atomic mass is 32.1. The average molecular weight is 897 g/mol. The van der Waals surface area contributed by atoms with Crippen molar-refractivity contribution in [2.24, 2.45) is 34.0 Å². The fourth-order valence-corrected chi connectivity index (χ4v) is 9.69. The molecular weight excluding hydrogens is 833 g/mol. The second-order valence-electron chi connectivity index (χ2n) is 17.5. The van der Waals surface area contributed by atoms with E-state index in [1.807, 2.05) is 63.2 Å². The quantitative estimate of drug-likeness (QED) is 0.0894. The van der Waals surface area contributed by atoms with Gasteiger partial charge in [-0.1, -0.05) is 55.9 Å². The first kappa shape index (κ1) is 49.9. The number of esters is 1. The lowest BCUT2D eigenvalue weighted by molar-refractivity contribution is -0.296. The molecule has 0 spiro atoms. The molecule has 3 aliphatic rings. The first-order valence-electron chi connectivity index (χ1n) is 21.6. The summed E-state index contributed by atoms with van der Waals surface area (Å²) in [6.45, 7) is 14.3. The van der Waals surface area contributed by atoms with E-state index in [1.54, 1.807) is 33.9 Å². The fraction of sp³-hybridized carbons (Fsp3) is 0.652. The van der Waals surface area contributed by atoms with Crippen molar-refractivity contribution in [3.05, 3.63) is 41.4 Å². The molecule has 16 nitrogen and oxygen atoms in total. The Morgan fingerprint density at radius 1 is 1.06 bits per heavy atom. The number of fused-ring (bicyclic) bond motifs is 5. The highest BCUT2D eigenvalue weighted by molar-refractivity contribution is 7.16. The van der Waals surface area contributed by atoms with Gasteiger partial charge in [0.2, 0.25) is 0 Å². The number of hydrogen-bond donors (Lipinski definition) is 2. The number of thiophene rings is 1. The van der Waals surface area contributed by atoms with Crippen molar-refractivity contribution in [2.75, 3.05) is 33.9 Å². The van der Waals surface area contributed by atoms with Gasteiger partial charge >= 0.3 is 11.9 Å². The van der Waals surface area contributed by atoms with E-state index >= 15 is 0 Å². The summed E-state index contributed by atoms with van der Waals surface area (Å²) in [5.74, 6) is 0.393. The van der Waals surface area contributed by atoms with Gasteiger partial charge in [-0.05, 0) is 85.3 Å². The smallest absolute Gasteiger partial charge is 0.331 e. The molecule has 13 atom stereocenters. The number of Topliss-reactive ketones (excluding diaryl/α,β-unsaturated/α-hetero) is 1. The Bertz CT molecular complexity index is 2010. The molecule has 3 aliphatic heterocycles. The minimum absolute atomic E-state index is 0.0868. The van der Waals surface area contributed by atoms with Crippen LogP contribution in [0.1, 0.15) is 86.5 Å². The second-order valence-corrected chi connectivity index (χ2v) is 18.6. The Labute approximate surface area is 374 Å². The van der Waals surface area contributed by atoms with Crippen molar-refractivity contribution in [3.63, 3.8) is 0 Å². The van der Waals surface area contributed by atoms with Crippen LogP contribution in [0.4, 0.5) is 0 Å². The lowest BCUT2D eigenvalue weighted by Crippen LogP contribution is -2.60. The van der Waals surface area contributed by atoms with Gasteiger partial charge in [0.1, 0.15) is 29.4 Å². The molecule has 0 aromatic carbocycles. The summed E-state index contributed by atoms with van der Waals surface area (Å²) in [6, 6.07) is 9.25. The zero-order valence-electron chi connectivity index (χ0n) is 38.2. The third kappa shape index (κ3) is 12.2. The van der Waals surface area contributed by atoms with Gasteiger partial charge < -0.3 is 48.5 Å². The van der Waals surface area contributed by atoms with Crippen LogP contribution >= 0.6 is 11.3 Å². The minimum atomic E-state index is -1.89. The zero-order valence-corrected chi connectivity index (χ0v) is 39.0. The largest absolute Gasteiger partial charge is 0.459 e. The van der Waals surface area contributed by atoms with Gasteiger partial charge in [0.15, 0.2) is 18.7 Å². The normalized spacial score (nSPS) is 36.1. The number of rotatable bonds is 8. The lowest BCUT2D eigenvalue weighted by atomic mass is 9.74. The Morgan fingerprint density at radius 3 is 2.48 bits per heavy atom. The van der Waals surface area contributed by atoms with Gasteiger partial charge in [0.05, 0.1) is 58.3 Å². The van der Waals surface area contributed by atoms with Gasteiger partial charge in [-0.2, -0.15) is 0 Å². The summed E-state index contributed by atoms with van der Waals surface area (Å²) < 4.78 is 32.4. The maximum absolute atomic E-state index is 14.5. The van der Waals surface area contributed by atoms with Crippen LogP contribution in [-0.4, -0.2) is 137 Å². The van der Waals surface area contributed by atoms with E-state index in [1.165, 1.54) is 32.1 Å². The summed E-state index contributed by atoms with van der Waals surface area (Å²) >= 11 is 1.50. The van der Waals surface area contributed by atoms with Crippen molar-refractivity contribution >= 4 is 40.5 Å². The molecule has 0 unspecified atom stereocenters. The van der Waals surface area contributed by atoms with Crippen LogP contribution in [0.15, 0.2) is 46.8 Å². The number of ether oxygens (including phenoxy) is 5. The number of oxime groups is 2. The van der Waals surface area contributed by atoms with Crippen LogP contribution in [0.5, 0.6) is 0 Å². The first-order valence-corrected chi connectivity index (χ1v) is 22.4. The molecule has 5 heterocycles. The number of aliphatic hydroxyl groups excluding tert-OH is 1. The van der Waals surface area contributed by atoms with E-state index < -0.39 is 83.3 Å². The van der Waals surface area contributed by atoms with Crippen LogP contribution in [0.2, 0.25) is 0 Å². The molecule has 63 heavy (non-hydrogen) atoms. The third-order valence-corrected chi connectivity index (χ3v) is 13.2. The molecule has 2 bridgehead atoms. The molecule has 5 rings (SSSR count). The Morgan fingerprint density at radius 2 is 1.81 bits per heavy atom. The van der Waals surface area contributed by atoms with Gasteiger partial charge in [0, 0.05) is 36.9 Å². The molecular formula is C46H64N4O12S. The number of aliphatic hydroxyl groups is 2. The number of nitrogens with zero attached hydrogens (tertiary/aromatic N) is 4. The van der Waals surface area contributed by atoms with Crippen molar-refractivity contribution in [2.45, 2.75) is 136 Å². The summed E-state index contributed by atoms with van der Waals surface area (Å²) in [7, 11) is 3.72. The summed E-state index contributed by atoms with van der Waals surface area (Å²) in [4.78, 5) is 59.8. The van der Waals surface area contributed by atoms with E-state index in [4.69, 9.17) is 33.4 Å². The maximum atomic E-state index is 14.5. The van der Waals surface area contributed by atoms with Gasteiger partial charge in [-0.3, -0.25) is 14.6 Å². The van der Waals surface area contributed by atoms with Crippen LogP contribution in [0, 0.1) is 35.5 Å². The SMILES string of the molecule is CC[C@H]1OC(=O)[C@H](C)C(=O)[C@H](C)[C@@H](O[C@@H]2O[C@H](C)C[C@H](N(C)C)[C@H]2O)[C@@]2(C)C[C@@H](C)/C(=N\OC(C)=O)[C@H](C)[C@H](OC/C(=N/OCC#Cc3ccc(-c4ccccn4)s3)CO2)[C@]1(C)O. The maximum Gasteiger partial charge on any atom is 0.331 e. The van der Waals surface area contributed by atoms with E-state index in [0.29, 0.717) is 12.1 Å². The topological polar surface area (TPSA) is 197 Å². The molecule has 0 radical (unpaired) electrons. The molecule has 0 amide bonds. The second kappa shape index (κ2) is 21.7. The Kier molecular flexibility index (Phi) is 17.2. The summed E-state index contributed by atoms with van der Waals surface area (Å²) in [5.41, 5.74) is -1.88. The monoisotopic (exact) mass is 896 g/mol. The highest BCUT2D eigenvalue weighted by Gasteiger charge is 2.53. The summed E-state index contributed by atoms with van der Waals surface area (Å²) in [6.07, 6.45) is -3.60. The number of pyridine rings is 1. The summed E-state index contributed by atoms with van der Waals surface area (Å²) in [5, 5.41) is 32.9. The third-order valence-electron chi connectivity index (χ3n) is 12.2. The predicted octanol–water partition coefficient (Wildman–Crippen LogP) is 5.03.